The van der Waals surface area contributed by atoms with Gasteiger partial charge >= 0.3 is 0 Å². The molecule has 0 aliphatic carbocycles. The molecule has 2 aromatic heterocycles. The van der Waals surface area contributed by atoms with Gasteiger partial charge in [-0.15, -0.1) is 0 Å². The van der Waals surface area contributed by atoms with Crippen molar-refractivity contribution in [2.75, 3.05) is 18.0 Å². The Morgan fingerprint density at radius 2 is 2.12 bits per heavy atom. The maximum Gasteiger partial charge on any atom is 0.178 e. The molecule has 3 heterocycles. The summed E-state index contributed by atoms with van der Waals surface area (Å²) in [5, 5.41) is 0. The van der Waals surface area contributed by atoms with Gasteiger partial charge in [0, 0.05) is 38.0 Å². The molecule has 2 aromatic rings. The molecule has 3 rings (SSSR count). The van der Waals surface area contributed by atoms with Crippen LogP contribution in [0.4, 0.5) is 5.69 Å². The van der Waals surface area contributed by atoms with Crippen molar-refractivity contribution in [1.29, 1.82) is 0 Å². The van der Waals surface area contributed by atoms with Gasteiger partial charge in [0.15, 0.2) is 5.78 Å². The maximum absolute atomic E-state index is 11.4. The summed E-state index contributed by atoms with van der Waals surface area (Å²) in [4.78, 5) is 18.0. The van der Waals surface area contributed by atoms with Gasteiger partial charge in [0.25, 0.3) is 0 Å². The molecule has 1 fully saturated rings. The molecule has 4 nitrogen and oxygen atoms in total. The Morgan fingerprint density at radius 3 is 2.82 bits per heavy atom. The number of carbonyl (C=O) groups excluding carboxylic acids is 1. The Balaban J connectivity index is 2.05. The fourth-order valence-corrected chi connectivity index (χ4v) is 2.40. The molecule has 1 aliphatic rings. The topological polar surface area (TPSA) is 37.6 Å². The minimum Gasteiger partial charge on any atom is -0.371 e. The third kappa shape index (κ3) is 1.69. The highest BCUT2D eigenvalue weighted by Gasteiger charge is 2.14. The van der Waals surface area contributed by atoms with Crippen LogP contribution in [0, 0.1) is 0 Å². The number of anilines is 1. The zero-order valence-corrected chi connectivity index (χ0v) is 9.89. The van der Waals surface area contributed by atoms with E-state index in [4.69, 9.17) is 0 Å². The molecule has 1 aliphatic heterocycles. The Labute approximate surface area is 99.9 Å². The summed E-state index contributed by atoms with van der Waals surface area (Å²) in [6.45, 7) is 3.81. The molecule has 4 heteroatoms. The van der Waals surface area contributed by atoms with Gasteiger partial charge in [-0.3, -0.25) is 9.20 Å². The number of aromatic nitrogens is 2. The van der Waals surface area contributed by atoms with Crippen LogP contribution in [0.25, 0.3) is 5.65 Å². The normalized spacial score (nSPS) is 15.7. The lowest BCUT2D eigenvalue weighted by atomic mass is 10.3. The van der Waals surface area contributed by atoms with E-state index < -0.39 is 0 Å². The summed E-state index contributed by atoms with van der Waals surface area (Å²) in [5.41, 5.74) is 2.70. The number of imidazole rings is 1. The van der Waals surface area contributed by atoms with E-state index in [-0.39, 0.29) is 5.78 Å². The summed E-state index contributed by atoms with van der Waals surface area (Å²) in [6.07, 6.45) is 6.11. The van der Waals surface area contributed by atoms with Crippen molar-refractivity contribution >= 4 is 17.1 Å². The Morgan fingerprint density at radius 1 is 1.35 bits per heavy atom. The fourth-order valence-electron chi connectivity index (χ4n) is 2.40. The van der Waals surface area contributed by atoms with Crippen molar-refractivity contribution in [2.45, 2.75) is 19.8 Å². The second-order valence-corrected chi connectivity index (χ2v) is 4.51. The van der Waals surface area contributed by atoms with Crippen LogP contribution in [0.2, 0.25) is 0 Å². The Kier molecular flexibility index (Phi) is 2.35. The number of rotatable bonds is 2. The van der Waals surface area contributed by atoms with Crippen molar-refractivity contribution in [1.82, 2.24) is 9.38 Å². The van der Waals surface area contributed by atoms with Gasteiger partial charge in [0.1, 0.15) is 11.3 Å². The lowest BCUT2D eigenvalue weighted by Gasteiger charge is -2.17. The average molecular weight is 229 g/mol. The first-order chi connectivity index (χ1) is 8.25. The summed E-state index contributed by atoms with van der Waals surface area (Å²) in [7, 11) is 0. The van der Waals surface area contributed by atoms with Crippen LogP contribution in [0.5, 0.6) is 0 Å². The van der Waals surface area contributed by atoms with Gasteiger partial charge in [-0.25, -0.2) is 4.98 Å². The third-order valence-electron chi connectivity index (χ3n) is 3.33. The first-order valence-electron chi connectivity index (χ1n) is 5.99. The minimum absolute atomic E-state index is 0.0476. The molecule has 0 saturated carbocycles. The maximum atomic E-state index is 11.4. The van der Waals surface area contributed by atoms with Crippen LogP contribution in [0.15, 0.2) is 24.5 Å². The molecule has 88 valence electrons. The smallest absolute Gasteiger partial charge is 0.178 e. The van der Waals surface area contributed by atoms with Crippen molar-refractivity contribution < 1.29 is 4.79 Å². The molecular formula is C13H15N3O. The van der Waals surface area contributed by atoms with Gasteiger partial charge < -0.3 is 4.90 Å². The minimum atomic E-state index is 0.0476. The quantitative estimate of drug-likeness (QED) is 0.740. The SMILES string of the molecule is CC(=O)c1cnc2cc(N3CCCC3)ccn12. The van der Waals surface area contributed by atoms with E-state index in [1.165, 1.54) is 18.5 Å². The van der Waals surface area contributed by atoms with Crippen molar-refractivity contribution in [3.63, 3.8) is 0 Å². The molecule has 0 aromatic carbocycles. The van der Waals surface area contributed by atoms with Gasteiger partial charge in [-0.05, 0) is 18.9 Å². The molecule has 0 N–H and O–H groups in total. The molecule has 0 radical (unpaired) electrons. The number of ketones is 1. The van der Waals surface area contributed by atoms with Crippen molar-refractivity contribution in [3.8, 4) is 0 Å². The highest BCUT2D eigenvalue weighted by molar-refractivity contribution is 5.93. The van der Waals surface area contributed by atoms with Gasteiger partial charge in [-0.1, -0.05) is 0 Å². The molecule has 0 amide bonds. The summed E-state index contributed by atoms with van der Waals surface area (Å²) in [6, 6.07) is 4.12. The number of fused-ring (bicyclic) bond motifs is 1. The van der Waals surface area contributed by atoms with Crippen LogP contribution < -0.4 is 4.90 Å². The third-order valence-corrected chi connectivity index (χ3v) is 3.33. The van der Waals surface area contributed by atoms with E-state index in [0.717, 1.165) is 18.7 Å². The largest absolute Gasteiger partial charge is 0.371 e. The average Bonchev–Trinajstić information content (AvgIpc) is 2.97. The molecule has 0 unspecified atom stereocenters. The highest BCUT2D eigenvalue weighted by atomic mass is 16.1. The predicted molar refractivity (Wildman–Crippen MR) is 66.6 cm³/mol. The van der Waals surface area contributed by atoms with E-state index in [0.29, 0.717) is 5.69 Å². The lowest BCUT2D eigenvalue weighted by molar-refractivity contribution is 0.101. The molecule has 0 spiro atoms. The molecule has 0 bridgehead atoms. The zero-order chi connectivity index (χ0) is 11.8. The van der Waals surface area contributed by atoms with Crippen LogP contribution in [0.1, 0.15) is 30.3 Å². The molecule has 17 heavy (non-hydrogen) atoms. The summed E-state index contributed by atoms with van der Waals surface area (Å²) in [5.74, 6) is 0.0476. The lowest BCUT2D eigenvalue weighted by Crippen LogP contribution is -2.17. The van der Waals surface area contributed by atoms with Gasteiger partial charge in [0.05, 0.1) is 6.20 Å². The molecular weight excluding hydrogens is 214 g/mol. The monoisotopic (exact) mass is 229 g/mol. The molecule has 0 atom stereocenters. The number of hydrogen-bond donors (Lipinski definition) is 0. The van der Waals surface area contributed by atoms with E-state index in [1.807, 2.05) is 10.6 Å². The number of Topliss-reactive ketones (excluding diaryl/α,β-unsaturated/α-hetero) is 1. The predicted octanol–water partition coefficient (Wildman–Crippen LogP) is 2.14. The first-order valence-corrected chi connectivity index (χ1v) is 5.99. The standard InChI is InChI=1S/C13H15N3O/c1-10(17)12-9-14-13-8-11(4-7-16(12)13)15-5-2-3-6-15/h4,7-9H,2-3,5-6H2,1H3. The fraction of sp³-hybridized carbons (Fsp3) is 0.385. The number of hydrogen-bond acceptors (Lipinski definition) is 3. The Hall–Kier alpha value is -1.84. The number of carbonyl (C=O) groups is 1. The number of nitrogens with zero attached hydrogens (tertiary/aromatic N) is 3. The van der Waals surface area contributed by atoms with Crippen LogP contribution in [0.3, 0.4) is 0 Å². The summed E-state index contributed by atoms with van der Waals surface area (Å²) < 4.78 is 1.85. The Bertz CT molecular complexity index is 567. The van der Waals surface area contributed by atoms with Crippen molar-refractivity contribution in [3.05, 3.63) is 30.2 Å². The van der Waals surface area contributed by atoms with Crippen LogP contribution >= 0.6 is 0 Å². The van der Waals surface area contributed by atoms with E-state index in [1.54, 1.807) is 13.1 Å². The van der Waals surface area contributed by atoms with E-state index in [9.17, 15) is 4.79 Å². The second-order valence-electron chi connectivity index (χ2n) is 4.51. The van der Waals surface area contributed by atoms with Crippen LogP contribution in [-0.4, -0.2) is 28.3 Å². The molecule has 1 saturated heterocycles. The van der Waals surface area contributed by atoms with Crippen LogP contribution in [-0.2, 0) is 0 Å². The second kappa shape index (κ2) is 3.87. The van der Waals surface area contributed by atoms with E-state index in [2.05, 4.69) is 22.0 Å². The summed E-state index contributed by atoms with van der Waals surface area (Å²) >= 11 is 0. The van der Waals surface area contributed by atoms with Crippen molar-refractivity contribution in [2.24, 2.45) is 0 Å². The first kappa shape index (κ1) is 10.3. The van der Waals surface area contributed by atoms with Gasteiger partial charge in [0.2, 0.25) is 0 Å². The van der Waals surface area contributed by atoms with E-state index >= 15 is 0 Å². The number of pyridine rings is 1. The van der Waals surface area contributed by atoms with Gasteiger partial charge in [-0.2, -0.15) is 0 Å². The highest BCUT2D eigenvalue weighted by Crippen LogP contribution is 2.21. The zero-order valence-electron chi connectivity index (χ0n) is 9.89.